The Balaban J connectivity index is 1.79. The second-order valence-corrected chi connectivity index (χ2v) is 5.84. The van der Waals surface area contributed by atoms with Gasteiger partial charge in [0.2, 0.25) is 0 Å². The van der Waals surface area contributed by atoms with E-state index in [-0.39, 0.29) is 0 Å². The molecule has 0 bridgehead atoms. The zero-order valence-electron chi connectivity index (χ0n) is 9.18. The third kappa shape index (κ3) is 2.25. The first kappa shape index (κ1) is 10.3. The highest BCUT2D eigenvalue weighted by Crippen LogP contribution is 2.51. The first-order valence-electron chi connectivity index (χ1n) is 5.64. The Morgan fingerprint density at radius 3 is 2.79 bits per heavy atom. The summed E-state index contributed by atoms with van der Waals surface area (Å²) in [5, 5.41) is 4.70. The number of hydrogen-bond donors (Lipinski definition) is 1. The van der Waals surface area contributed by atoms with Crippen LogP contribution in [0.25, 0.3) is 0 Å². The van der Waals surface area contributed by atoms with Crippen LogP contribution in [0.5, 0.6) is 0 Å². The van der Waals surface area contributed by atoms with E-state index in [4.69, 9.17) is 0 Å². The van der Waals surface area contributed by atoms with E-state index in [1.807, 2.05) is 11.8 Å². The van der Waals surface area contributed by atoms with Crippen LogP contribution in [0.2, 0.25) is 0 Å². The fourth-order valence-electron chi connectivity index (χ4n) is 1.94. The van der Waals surface area contributed by atoms with E-state index in [0.717, 1.165) is 19.0 Å². The Hall–Kier alpha value is -0.180. The van der Waals surface area contributed by atoms with Gasteiger partial charge < -0.3 is 5.32 Å². The summed E-state index contributed by atoms with van der Waals surface area (Å²) in [6.45, 7) is 6.83. The average Bonchev–Trinajstić information content (AvgIpc) is 2.97. The highest BCUT2D eigenvalue weighted by molar-refractivity contribution is 8.13. The maximum absolute atomic E-state index is 4.49. The third-order valence-electron chi connectivity index (χ3n) is 3.51. The molecule has 1 saturated carbocycles. The molecule has 1 N–H and O–H groups in total. The number of nitrogens with one attached hydrogen (secondary N) is 1. The fourth-order valence-corrected chi connectivity index (χ4v) is 2.76. The van der Waals surface area contributed by atoms with E-state index in [9.17, 15) is 0 Å². The van der Waals surface area contributed by atoms with Crippen LogP contribution in [0, 0.1) is 11.3 Å². The van der Waals surface area contributed by atoms with Crippen LogP contribution in [-0.4, -0.2) is 24.0 Å². The Kier molecular flexibility index (Phi) is 3.05. The molecule has 0 aromatic carbocycles. The summed E-state index contributed by atoms with van der Waals surface area (Å²) >= 11 is 1.88. The van der Waals surface area contributed by atoms with E-state index in [2.05, 4.69) is 24.2 Å². The molecule has 3 heteroatoms. The molecular formula is C11H20N2S. The molecule has 1 aliphatic heterocycles. The predicted molar refractivity (Wildman–Crippen MR) is 63.9 cm³/mol. The van der Waals surface area contributed by atoms with Crippen LogP contribution in [0.4, 0.5) is 0 Å². The van der Waals surface area contributed by atoms with Crippen molar-refractivity contribution in [3.8, 4) is 0 Å². The lowest BCUT2D eigenvalue weighted by Crippen LogP contribution is -2.32. The van der Waals surface area contributed by atoms with E-state index < -0.39 is 0 Å². The second kappa shape index (κ2) is 4.13. The van der Waals surface area contributed by atoms with Gasteiger partial charge in [-0.3, -0.25) is 4.99 Å². The van der Waals surface area contributed by atoms with Crippen LogP contribution in [0.1, 0.15) is 33.1 Å². The number of hydrogen-bond acceptors (Lipinski definition) is 3. The molecule has 1 fully saturated rings. The number of thioether (sulfide) groups is 1. The zero-order chi connectivity index (χ0) is 10.0. The van der Waals surface area contributed by atoms with E-state index in [1.165, 1.54) is 30.2 Å². The topological polar surface area (TPSA) is 24.4 Å². The average molecular weight is 212 g/mol. The molecule has 0 amide bonds. The fraction of sp³-hybridized carbons (Fsp3) is 0.909. The third-order valence-corrected chi connectivity index (χ3v) is 4.54. The first-order chi connectivity index (χ1) is 6.73. The molecular weight excluding hydrogens is 192 g/mol. The maximum atomic E-state index is 4.49. The monoisotopic (exact) mass is 212 g/mol. The molecule has 0 saturated heterocycles. The molecule has 0 spiro atoms. The van der Waals surface area contributed by atoms with Gasteiger partial charge >= 0.3 is 0 Å². The predicted octanol–water partition coefficient (Wildman–Crippen LogP) is 2.51. The quantitative estimate of drug-likeness (QED) is 0.777. The number of rotatable bonds is 3. The summed E-state index contributed by atoms with van der Waals surface area (Å²) in [6.07, 6.45) is 4.04. The molecule has 0 radical (unpaired) electrons. The highest BCUT2D eigenvalue weighted by Gasteiger charge is 2.45. The van der Waals surface area contributed by atoms with Crippen LogP contribution in [0.3, 0.4) is 0 Å². The zero-order valence-corrected chi connectivity index (χ0v) is 9.99. The largest absolute Gasteiger partial charge is 0.364 e. The minimum atomic E-state index is 0.598. The van der Waals surface area contributed by atoms with Crippen molar-refractivity contribution in [3.05, 3.63) is 0 Å². The number of nitrogens with zero attached hydrogens (tertiary/aromatic N) is 1. The van der Waals surface area contributed by atoms with Crippen molar-refractivity contribution in [2.24, 2.45) is 16.3 Å². The molecule has 0 atom stereocenters. The molecule has 0 aromatic rings. The van der Waals surface area contributed by atoms with Crippen molar-refractivity contribution in [2.45, 2.75) is 33.1 Å². The Bertz CT molecular complexity index is 231. The summed E-state index contributed by atoms with van der Waals surface area (Å²) in [4.78, 5) is 4.49. The lowest BCUT2D eigenvalue weighted by Gasteiger charge is -2.22. The summed E-state index contributed by atoms with van der Waals surface area (Å²) in [7, 11) is 0. The summed E-state index contributed by atoms with van der Waals surface area (Å²) < 4.78 is 0. The van der Waals surface area contributed by atoms with E-state index in [1.54, 1.807) is 0 Å². The lowest BCUT2D eigenvalue weighted by molar-refractivity contribution is 0.358. The molecule has 2 aliphatic rings. The summed E-state index contributed by atoms with van der Waals surface area (Å²) in [5.41, 5.74) is 0.598. The van der Waals surface area contributed by atoms with Gasteiger partial charge in [-0.25, -0.2) is 0 Å². The van der Waals surface area contributed by atoms with Gasteiger partial charge in [0.25, 0.3) is 0 Å². The summed E-state index contributed by atoms with van der Waals surface area (Å²) in [5.74, 6) is 2.05. The van der Waals surface area contributed by atoms with Crippen molar-refractivity contribution in [3.63, 3.8) is 0 Å². The molecule has 2 nitrogen and oxygen atoms in total. The van der Waals surface area contributed by atoms with Crippen molar-refractivity contribution < 1.29 is 0 Å². The van der Waals surface area contributed by atoms with Crippen molar-refractivity contribution in [2.75, 3.05) is 18.8 Å². The standard InChI is InChI=1S/C11H20N2S/c1-9(2)11(4-5-11)8-13-10-12-6-3-7-14-10/h9H,3-8H2,1-2H3,(H,12,13). The van der Waals surface area contributed by atoms with Gasteiger partial charge in [-0.15, -0.1) is 0 Å². The Morgan fingerprint density at radius 2 is 2.29 bits per heavy atom. The highest BCUT2D eigenvalue weighted by atomic mass is 32.2. The van der Waals surface area contributed by atoms with Crippen LogP contribution in [-0.2, 0) is 0 Å². The van der Waals surface area contributed by atoms with Gasteiger partial charge in [0.15, 0.2) is 5.17 Å². The molecule has 80 valence electrons. The molecule has 1 aliphatic carbocycles. The normalized spacial score (nSPS) is 24.6. The number of aliphatic imine (C=N–C) groups is 1. The lowest BCUT2D eigenvalue weighted by atomic mass is 9.92. The van der Waals surface area contributed by atoms with Gasteiger partial charge in [-0.1, -0.05) is 25.6 Å². The Morgan fingerprint density at radius 1 is 1.50 bits per heavy atom. The van der Waals surface area contributed by atoms with Gasteiger partial charge in [-0.2, -0.15) is 0 Å². The second-order valence-electron chi connectivity index (χ2n) is 4.76. The van der Waals surface area contributed by atoms with Gasteiger partial charge in [0.1, 0.15) is 0 Å². The van der Waals surface area contributed by atoms with Crippen LogP contribution < -0.4 is 5.32 Å². The molecule has 1 heterocycles. The number of amidine groups is 1. The van der Waals surface area contributed by atoms with Crippen molar-refractivity contribution in [1.29, 1.82) is 0 Å². The van der Waals surface area contributed by atoms with Crippen molar-refractivity contribution in [1.82, 2.24) is 5.32 Å². The minimum Gasteiger partial charge on any atom is -0.364 e. The van der Waals surface area contributed by atoms with Gasteiger partial charge in [-0.05, 0) is 30.6 Å². The van der Waals surface area contributed by atoms with Crippen LogP contribution in [0.15, 0.2) is 4.99 Å². The molecule has 0 aromatic heterocycles. The minimum absolute atomic E-state index is 0.598. The SMILES string of the molecule is CC(C)C1(CNC2=NCCCS2)CC1. The Labute approximate surface area is 90.9 Å². The van der Waals surface area contributed by atoms with Crippen LogP contribution >= 0.6 is 11.8 Å². The van der Waals surface area contributed by atoms with E-state index in [0.29, 0.717) is 5.41 Å². The van der Waals surface area contributed by atoms with Gasteiger partial charge in [0, 0.05) is 18.8 Å². The maximum Gasteiger partial charge on any atom is 0.156 e. The molecule has 2 rings (SSSR count). The summed E-state index contributed by atoms with van der Waals surface area (Å²) in [6, 6.07) is 0. The molecule has 0 unspecified atom stereocenters. The smallest absolute Gasteiger partial charge is 0.156 e. The molecule has 14 heavy (non-hydrogen) atoms. The van der Waals surface area contributed by atoms with E-state index >= 15 is 0 Å². The van der Waals surface area contributed by atoms with Crippen molar-refractivity contribution >= 4 is 16.9 Å². The first-order valence-corrected chi connectivity index (χ1v) is 6.63. The van der Waals surface area contributed by atoms with Gasteiger partial charge in [0.05, 0.1) is 0 Å².